The molecule has 0 atom stereocenters. The molecule has 0 unspecified atom stereocenters. The van der Waals surface area contributed by atoms with Crippen LogP contribution in [0.15, 0.2) is 58.2 Å². The molecule has 3 nitrogen and oxygen atoms in total. The van der Waals surface area contributed by atoms with Crippen LogP contribution < -0.4 is 0 Å². The number of oxime groups is 1. The number of benzene rings is 2. The van der Waals surface area contributed by atoms with Crippen LogP contribution in [-0.4, -0.2) is 16.0 Å². The lowest BCUT2D eigenvalue weighted by Crippen LogP contribution is -2.03. The Morgan fingerprint density at radius 3 is 2.35 bits per heavy atom. The molecule has 2 aromatic rings. The first kappa shape index (κ1) is 11.7. The molecule has 0 spiro atoms. The Morgan fingerprint density at radius 2 is 1.76 bits per heavy atom. The summed E-state index contributed by atoms with van der Waals surface area (Å²) in [5.74, 6) is 0.0658. The Bertz CT molecular complexity index is 553. The number of phenolic OH excluding ortho intramolecular Hbond substituents is 1. The van der Waals surface area contributed by atoms with Gasteiger partial charge in [0, 0.05) is 15.6 Å². The van der Waals surface area contributed by atoms with Gasteiger partial charge in [0.2, 0.25) is 0 Å². The number of hydrogen-bond donors (Lipinski definition) is 2. The van der Waals surface area contributed by atoms with Crippen LogP contribution in [0.1, 0.15) is 11.1 Å². The Kier molecular flexibility index (Phi) is 3.44. The lowest BCUT2D eigenvalue weighted by atomic mass is 10.0. The molecular formula is C13H10BrNO2. The summed E-state index contributed by atoms with van der Waals surface area (Å²) in [4.78, 5) is 0. The van der Waals surface area contributed by atoms with E-state index in [0.29, 0.717) is 11.3 Å². The maximum Gasteiger partial charge on any atom is 0.126 e. The summed E-state index contributed by atoms with van der Waals surface area (Å²) in [5.41, 5.74) is 1.57. The summed E-state index contributed by atoms with van der Waals surface area (Å²) >= 11 is 3.26. The van der Waals surface area contributed by atoms with Gasteiger partial charge in [0.1, 0.15) is 11.5 Å². The number of halogens is 1. The van der Waals surface area contributed by atoms with E-state index in [4.69, 9.17) is 5.21 Å². The van der Waals surface area contributed by atoms with Gasteiger partial charge in [-0.1, -0.05) is 51.4 Å². The van der Waals surface area contributed by atoms with E-state index in [1.165, 1.54) is 0 Å². The fourth-order valence-electron chi connectivity index (χ4n) is 1.57. The van der Waals surface area contributed by atoms with Crippen LogP contribution in [0.2, 0.25) is 0 Å². The highest BCUT2D eigenvalue weighted by Gasteiger charge is 2.11. The smallest absolute Gasteiger partial charge is 0.126 e. The van der Waals surface area contributed by atoms with Crippen LogP contribution in [0.25, 0.3) is 0 Å². The van der Waals surface area contributed by atoms with Crippen molar-refractivity contribution in [3.05, 3.63) is 64.1 Å². The fraction of sp³-hybridized carbons (Fsp3) is 0. The predicted octanol–water partition coefficient (Wildman–Crippen LogP) is 3.38. The van der Waals surface area contributed by atoms with Gasteiger partial charge in [0.05, 0.1) is 0 Å². The average molecular weight is 292 g/mol. The Labute approximate surface area is 107 Å². The van der Waals surface area contributed by atoms with Crippen molar-refractivity contribution >= 4 is 21.6 Å². The summed E-state index contributed by atoms with van der Waals surface area (Å²) in [7, 11) is 0. The third kappa shape index (κ3) is 2.47. The topological polar surface area (TPSA) is 52.8 Å². The number of rotatable bonds is 2. The lowest BCUT2D eigenvalue weighted by molar-refractivity contribution is 0.319. The number of aromatic hydroxyl groups is 1. The monoisotopic (exact) mass is 291 g/mol. The second-order valence-electron chi connectivity index (χ2n) is 3.48. The van der Waals surface area contributed by atoms with Crippen LogP contribution in [0.3, 0.4) is 0 Å². The van der Waals surface area contributed by atoms with E-state index >= 15 is 0 Å². The highest BCUT2D eigenvalue weighted by Crippen LogP contribution is 2.25. The third-order valence-corrected chi connectivity index (χ3v) is 2.86. The first-order valence-electron chi connectivity index (χ1n) is 4.98. The third-order valence-electron chi connectivity index (χ3n) is 2.36. The molecule has 17 heavy (non-hydrogen) atoms. The van der Waals surface area contributed by atoms with Gasteiger partial charge in [-0.2, -0.15) is 0 Å². The van der Waals surface area contributed by atoms with E-state index in [9.17, 15) is 5.11 Å². The van der Waals surface area contributed by atoms with Crippen molar-refractivity contribution in [2.75, 3.05) is 0 Å². The number of nitrogens with zero attached hydrogens (tertiary/aromatic N) is 1. The summed E-state index contributed by atoms with van der Waals surface area (Å²) in [5, 5.41) is 22.2. The second kappa shape index (κ2) is 5.01. The van der Waals surface area contributed by atoms with Gasteiger partial charge in [0.25, 0.3) is 0 Å². The maximum atomic E-state index is 9.83. The van der Waals surface area contributed by atoms with E-state index in [0.717, 1.165) is 10.0 Å². The molecule has 0 saturated carbocycles. The molecule has 0 radical (unpaired) electrons. The molecule has 2 N–H and O–H groups in total. The van der Waals surface area contributed by atoms with Crippen molar-refractivity contribution in [2.24, 2.45) is 5.16 Å². The first-order chi connectivity index (χ1) is 8.22. The Hall–Kier alpha value is -1.81. The van der Waals surface area contributed by atoms with Crippen LogP contribution in [-0.2, 0) is 0 Å². The van der Waals surface area contributed by atoms with Crippen LogP contribution >= 0.6 is 15.9 Å². The highest BCUT2D eigenvalue weighted by atomic mass is 79.9. The molecule has 0 aliphatic rings. The first-order valence-corrected chi connectivity index (χ1v) is 5.78. The zero-order valence-corrected chi connectivity index (χ0v) is 10.4. The second-order valence-corrected chi connectivity index (χ2v) is 4.39. The molecule has 0 saturated heterocycles. The van der Waals surface area contributed by atoms with Crippen LogP contribution in [0.5, 0.6) is 5.75 Å². The lowest BCUT2D eigenvalue weighted by Gasteiger charge is -2.07. The van der Waals surface area contributed by atoms with Gasteiger partial charge < -0.3 is 10.3 Å². The van der Waals surface area contributed by atoms with E-state index in [1.807, 2.05) is 30.3 Å². The molecule has 86 valence electrons. The molecule has 4 heteroatoms. The molecule has 0 fully saturated rings. The SMILES string of the molecule is ON=C(c1ccccc1)c1ccc(Br)cc1O. The normalized spacial score (nSPS) is 11.5. The molecule has 0 heterocycles. The standard InChI is InChI=1S/C13H10BrNO2/c14-10-6-7-11(12(16)8-10)13(15-17)9-4-2-1-3-5-9/h1-8,16-17H. The largest absolute Gasteiger partial charge is 0.507 e. The van der Waals surface area contributed by atoms with Crippen molar-refractivity contribution in [1.29, 1.82) is 0 Å². The van der Waals surface area contributed by atoms with Crippen molar-refractivity contribution in [1.82, 2.24) is 0 Å². The zero-order valence-electron chi connectivity index (χ0n) is 8.84. The molecular weight excluding hydrogens is 282 g/mol. The van der Waals surface area contributed by atoms with Crippen LogP contribution in [0.4, 0.5) is 0 Å². The van der Waals surface area contributed by atoms with E-state index in [1.54, 1.807) is 18.2 Å². The molecule has 2 aromatic carbocycles. The van der Waals surface area contributed by atoms with Crippen molar-refractivity contribution in [2.45, 2.75) is 0 Å². The molecule has 0 aliphatic carbocycles. The van der Waals surface area contributed by atoms with Gasteiger partial charge in [-0.25, -0.2) is 0 Å². The minimum atomic E-state index is 0.0658. The van der Waals surface area contributed by atoms with Gasteiger partial charge in [-0.15, -0.1) is 0 Å². The number of phenols is 1. The fourth-order valence-corrected chi connectivity index (χ4v) is 1.92. The Morgan fingerprint density at radius 1 is 1.06 bits per heavy atom. The minimum Gasteiger partial charge on any atom is -0.507 e. The summed E-state index contributed by atoms with van der Waals surface area (Å²) < 4.78 is 0.768. The average Bonchev–Trinajstić information content (AvgIpc) is 2.34. The summed E-state index contributed by atoms with van der Waals surface area (Å²) in [6.07, 6.45) is 0. The van der Waals surface area contributed by atoms with E-state index in [2.05, 4.69) is 21.1 Å². The summed E-state index contributed by atoms with van der Waals surface area (Å²) in [6.45, 7) is 0. The van der Waals surface area contributed by atoms with Crippen molar-refractivity contribution in [3.63, 3.8) is 0 Å². The molecule has 2 rings (SSSR count). The minimum absolute atomic E-state index is 0.0658. The summed E-state index contributed by atoms with van der Waals surface area (Å²) in [6, 6.07) is 14.2. The quantitative estimate of drug-likeness (QED) is 0.506. The molecule has 0 aliphatic heterocycles. The van der Waals surface area contributed by atoms with Gasteiger partial charge in [-0.05, 0) is 18.2 Å². The highest BCUT2D eigenvalue weighted by molar-refractivity contribution is 9.10. The molecule has 0 amide bonds. The van der Waals surface area contributed by atoms with Crippen molar-refractivity contribution in [3.8, 4) is 5.75 Å². The maximum absolute atomic E-state index is 9.83. The zero-order chi connectivity index (χ0) is 12.3. The van der Waals surface area contributed by atoms with Crippen LogP contribution in [0, 0.1) is 0 Å². The van der Waals surface area contributed by atoms with Gasteiger partial charge in [0.15, 0.2) is 0 Å². The number of hydrogen-bond acceptors (Lipinski definition) is 3. The van der Waals surface area contributed by atoms with Gasteiger partial charge >= 0.3 is 0 Å². The molecule has 0 bridgehead atoms. The Balaban J connectivity index is 2.51. The van der Waals surface area contributed by atoms with Crippen molar-refractivity contribution < 1.29 is 10.3 Å². The van der Waals surface area contributed by atoms with Gasteiger partial charge in [-0.3, -0.25) is 0 Å². The molecule has 0 aromatic heterocycles. The predicted molar refractivity (Wildman–Crippen MR) is 69.7 cm³/mol. The van der Waals surface area contributed by atoms with E-state index in [-0.39, 0.29) is 5.75 Å². The van der Waals surface area contributed by atoms with E-state index < -0.39 is 0 Å².